The van der Waals surface area contributed by atoms with Gasteiger partial charge < -0.3 is 10.6 Å². The molecule has 0 fully saturated rings. The van der Waals surface area contributed by atoms with Gasteiger partial charge in [0.1, 0.15) is 0 Å². The van der Waals surface area contributed by atoms with Crippen molar-refractivity contribution in [2.45, 2.75) is 26.2 Å². The molecule has 0 aliphatic rings. The molecule has 2 N–H and O–H groups in total. The van der Waals surface area contributed by atoms with Crippen LogP contribution < -0.4 is 10.6 Å². The molecule has 114 valence electrons. The predicted octanol–water partition coefficient (Wildman–Crippen LogP) is 3.57. The minimum absolute atomic E-state index is 0.0608. The third-order valence-corrected chi connectivity index (χ3v) is 4.18. The van der Waals surface area contributed by atoms with Gasteiger partial charge in [-0.2, -0.15) is 13.2 Å². The monoisotopic (exact) mass is 315 g/mol. The van der Waals surface area contributed by atoms with E-state index in [0.717, 1.165) is 22.7 Å². The molecule has 1 heterocycles. The SMILES string of the molecule is Cc1ncsc1CN(C)c1ccc(C(F)(F)F)cc1CN. The summed E-state index contributed by atoms with van der Waals surface area (Å²) in [6.07, 6.45) is -4.35. The van der Waals surface area contributed by atoms with Gasteiger partial charge in [0.25, 0.3) is 0 Å². The molecule has 0 radical (unpaired) electrons. The fourth-order valence-electron chi connectivity index (χ4n) is 2.08. The van der Waals surface area contributed by atoms with Crippen molar-refractivity contribution >= 4 is 17.0 Å². The highest BCUT2D eigenvalue weighted by atomic mass is 32.1. The molecule has 0 saturated carbocycles. The lowest BCUT2D eigenvalue weighted by atomic mass is 10.1. The molecule has 3 nitrogen and oxygen atoms in total. The van der Waals surface area contributed by atoms with Gasteiger partial charge in [-0.1, -0.05) is 0 Å². The first kappa shape index (κ1) is 15.8. The minimum atomic E-state index is -4.35. The molecule has 0 aliphatic carbocycles. The summed E-state index contributed by atoms with van der Waals surface area (Å²) < 4.78 is 38.2. The number of halogens is 3. The topological polar surface area (TPSA) is 42.2 Å². The summed E-state index contributed by atoms with van der Waals surface area (Å²) in [5.41, 5.74) is 8.81. The Labute approximate surface area is 125 Å². The highest BCUT2D eigenvalue weighted by molar-refractivity contribution is 7.09. The Bertz CT molecular complexity index is 622. The Balaban J connectivity index is 2.29. The van der Waals surface area contributed by atoms with Crippen LogP contribution in [-0.2, 0) is 19.3 Å². The van der Waals surface area contributed by atoms with Crippen molar-refractivity contribution in [3.8, 4) is 0 Å². The van der Waals surface area contributed by atoms with Crippen LogP contribution in [0.4, 0.5) is 18.9 Å². The van der Waals surface area contributed by atoms with E-state index >= 15 is 0 Å². The van der Waals surface area contributed by atoms with E-state index < -0.39 is 11.7 Å². The Morgan fingerprint density at radius 3 is 2.57 bits per heavy atom. The second-order valence-electron chi connectivity index (χ2n) is 4.76. The van der Waals surface area contributed by atoms with Crippen LogP contribution in [0, 0.1) is 6.92 Å². The standard InChI is InChI=1S/C14H16F3N3S/c1-9-13(21-8-19-9)7-20(2)12-4-3-11(14(15,16)17)5-10(12)6-18/h3-5,8H,6-7,18H2,1-2H3. The second kappa shape index (κ2) is 6.03. The third-order valence-electron chi connectivity index (χ3n) is 3.26. The van der Waals surface area contributed by atoms with Crippen LogP contribution in [0.1, 0.15) is 21.7 Å². The Morgan fingerprint density at radius 2 is 2.05 bits per heavy atom. The lowest BCUT2D eigenvalue weighted by molar-refractivity contribution is -0.137. The fraction of sp³-hybridized carbons (Fsp3) is 0.357. The van der Waals surface area contributed by atoms with Crippen molar-refractivity contribution in [2.75, 3.05) is 11.9 Å². The number of hydrogen-bond donors (Lipinski definition) is 1. The Kier molecular flexibility index (Phi) is 4.53. The number of nitrogens with two attached hydrogens (primary N) is 1. The van der Waals surface area contributed by atoms with Gasteiger partial charge in [0.15, 0.2) is 0 Å². The average Bonchev–Trinajstić information content (AvgIpc) is 2.82. The van der Waals surface area contributed by atoms with Crippen LogP contribution in [0.3, 0.4) is 0 Å². The van der Waals surface area contributed by atoms with E-state index in [2.05, 4.69) is 4.98 Å². The van der Waals surface area contributed by atoms with Crippen LogP contribution in [0.15, 0.2) is 23.7 Å². The van der Waals surface area contributed by atoms with Crippen molar-refractivity contribution in [2.24, 2.45) is 5.73 Å². The molecule has 21 heavy (non-hydrogen) atoms. The Morgan fingerprint density at radius 1 is 1.33 bits per heavy atom. The van der Waals surface area contributed by atoms with Gasteiger partial charge in [0.05, 0.1) is 23.3 Å². The van der Waals surface area contributed by atoms with Gasteiger partial charge in [-0.25, -0.2) is 4.98 Å². The summed E-state index contributed by atoms with van der Waals surface area (Å²) >= 11 is 1.53. The number of rotatable bonds is 4. The minimum Gasteiger partial charge on any atom is -0.369 e. The number of nitrogens with zero attached hydrogens (tertiary/aromatic N) is 2. The molecule has 2 aromatic rings. The second-order valence-corrected chi connectivity index (χ2v) is 5.70. The summed E-state index contributed by atoms with van der Waals surface area (Å²) in [6.45, 7) is 2.57. The number of anilines is 1. The fourth-order valence-corrected chi connectivity index (χ4v) is 2.91. The van der Waals surface area contributed by atoms with Gasteiger partial charge in [-0.05, 0) is 30.7 Å². The molecule has 1 aromatic carbocycles. The van der Waals surface area contributed by atoms with Gasteiger partial charge >= 0.3 is 6.18 Å². The van der Waals surface area contributed by atoms with E-state index in [1.807, 2.05) is 18.9 Å². The van der Waals surface area contributed by atoms with E-state index in [9.17, 15) is 13.2 Å². The van der Waals surface area contributed by atoms with Crippen molar-refractivity contribution < 1.29 is 13.2 Å². The van der Waals surface area contributed by atoms with Crippen molar-refractivity contribution in [3.63, 3.8) is 0 Å². The first-order valence-electron chi connectivity index (χ1n) is 6.33. The number of benzene rings is 1. The predicted molar refractivity (Wildman–Crippen MR) is 78.3 cm³/mol. The van der Waals surface area contributed by atoms with E-state index in [0.29, 0.717) is 17.8 Å². The van der Waals surface area contributed by atoms with Gasteiger partial charge in [0, 0.05) is 24.2 Å². The lowest BCUT2D eigenvalue weighted by Gasteiger charge is -2.23. The zero-order chi connectivity index (χ0) is 15.6. The molecule has 7 heteroatoms. The van der Waals surface area contributed by atoms with Crippen LogP contribution in [0.5, 0.6) is 0 Å². The molecular formula is C14H16F3N3S. The summed E-state index contributed by atoms with van der Waals surface area (Å²) in [7, 11) is 1.83. The van der Waals surface area contributed by atoms with Gasteiger partial charge in [-0.15, -0.1) is 11.3 Å². The first-order valence-corrected chi connectivity index (χ1v) is 7.21. The number of hydrogen-bond acceptors (Lipinski definition) is 4. The van der Waals surface area contributed by atoms with Gasteiger partial charge in [-0.3, -0.25) is 0 Å². The number of aromatic nitrogens is 1. The van der Waals surface area contributed by atoms with Crippen molar-refractivity contribution in [1.82, 2.24) is 4.98 Å². The highest BCUT2D eigenvalue weighted by Crippen LogP contribution is 2.33. The van der Waals surface area contributed by atoms with Crippen molar-refractivity contribution in [3.05, 3.63) is 45.4 Å². The number of aryl methyl sites for hydroxylation is 1. The van der Waals surface area contributed by atoms with E-state index in [1.54, 1.807) is 5.51 Å². The molecule has 0 saturated heterocycles. The lowest BCUT2D eigenvalue weighted by Crippen LogP contribution is -2.19. The Hall–Kier alpha value is -1.60. The van der Waals surface area contributed by atoms with Crippen LogP contribution in [0.25, 0.3) is 0 Å². The van der Waals surface area contributed by atoms with E-state index in [-0.39, 0.29) is 6.54 Å². The molecule has 0 amide bonds. The van der Waals surface area contributed by atoms with E-state index in [4.69, 9.17) is 5.73 Å². The third kappa shape index (κ3) is 3.54. The molecule has 2 rings (SSSR count). The molecule has 0 spiro atoms. The van der Waals surface area contributed by atoms with Crippen LogP contribution >= 0.6 is 11.3 Å². The molecule has 0 aliphatic heterocycles. The molecule has 0 unspecified atom stereocenters. The molecule has 0 bridgehead atoms. The van der Waals surface area contributed by atoms with Gasteiger partial charge in [0.2, 0.25) is 0 Å². The molecule has 0 atom stereocenters. The largest absolute Gasteiger partial charge is 0.416 e. The van der Waals surface area contributed by atoms with Crippen LogP contribution in [0.2, 0.25) is 0 Å². The summed E-state index contributed by atoms with van der Waals surface area (Å²) in [5.74, 6) is 0. The zero-order valence-corrected chi connectivity index (χ0v) is 12.6. The molecule has 1 aromatic heterocycles. The maximum absolute atomic E-state index is 12.7. The van der Waals surface area contributed by atoms with E-state index in [1.165, 1.54) is 17.4 Å². The number of thiazole rings is 1. The van der Waals surface area contributed by atoms with Crippen molar-refractivity contribution in [1.29, 1.82) is 0 Å². The summed E-state index contributed by atoms with van der Waals surface area (Å²) in [6, 6.07) is 3.68. The smallest absolute Gasteiger partial charge is 0.369 e. The zero-order valence-electron chi connectivity index (χ0n) is 11.7. The maximum Gasteiger partial charge on any atom is 0.416 e. The highest BCUT2D eigenvalue weighted by Gasteiger charge is 2.31. The van der Waals surface area contributed by atoms with Crippen LogP contribution in [-0.4, -0.2) is 12.0 Å². The summed E-state index contributed by atoms with van der Waals surface area (Å²) in [4.78, 5) is 7.15. The molecular weight excluding hydrogens is 299 g/mol. The normalized spacial score (nSPS) is 11.7. The average molecular weight is 315 g/mol. The first-order chi connectivity index (χ1) is 9.82. The quantitative estimate of drug-likeness (QED) is 0.938. The maximum atomic E-state index is 12.7. The summed E-state index contributed by atoms with van der Waals surface area (Å²) in [5, 5.41) is 0. The number of alkyl halides is 3.